The van der Waals surface area contributed by atoms with Gasteiger partial charge in [-0.2, -0.15) is 5.10 Å². The summed E-state index contributed by atoms with van der Waals surface area (Å²) in [6, 6.07) is 5.16. The van der Waals surface area contributed by atoms with Gasteiger partial charge in [0.15, 0.2) is 5.65 Å². The summed E-state index contributed by atoms with van der Waals surface area (Å²) in [6.45, 7) is 2.30. The number of aryl methyl sites for hydroxylation is 1. The van der Waals surface area contributed by atoms with E-state index in [2.05, 4.69) is 26.0 Å². The minimum atomic E-state index is -0.227. The Labute approximate surface area is 146 Å². The van der Waals surface area contributed by atoms with Crippen LogP contribution in [0.5, 0.6) is 0 Å². The van der Waals surface area contributed by atoms with Crippen LogP contribution in [0.3, 0.4) is 0 Å². The van der Waals surface area contributed by atoms with Crippen LogP contribution in [0.2, 0.25) is 0 Å². The average Bonchev–Trinajstić information content (AvgIpc) is 2.98. The molecule has 0 fully saturated rings. The van der Waals surface area contributed by atoms with Crippen molar-refractivity contribution in [2.24, 2.45) is 0 Å². The molecule has 4 rings (SSSR count). The quantitative estimate of drug-likeness (QED) is 0.640. The van der Waals surface area contributed by atoms with Crippen LogP contribution in [-0.2, 0) is 6.42 Å². The molecule has 1 aliphatic heterocycles. The van der Waals surface area contributed by atoms with E-state index in [-0.39, 0.29) is 11.7 Å². The van der Waals surface area contributed by atoms with E-state index in [1.807, 2.05) is 6.07 Å². The second-order valence-corrected chi connectivity index (χ2v) is 6.68. The number of halogens is 2. The minimum Gasteiger partial charge on any atom is -0.307 e. The SMILES string of the molecule is Cc1ccc2c(c1F)CCCN2C(=O)c1ccn2ncc(Br)c2n1. The molecule has 122 valence electrons. The maximum absolute atomic E-state index is 14.4. The largest absolute Gasteiger partial charge is 0.307 e. The summed E-state index contributed by atoms with van der Waals surface area (Å²) in [6.07, 6.45) is 4.71. The lowest BCUT2D eigenvalue weighted by Crippen LogP contribution is -2.36. The lowest BCUT2D eigenvalue weighted by Gasteiger charge is -2.30. The predicted molar refractivity (Wildman–Crippen MR) is 91.8 cm³/mol. The third kappa shape index (κ3) is 2.31. The normalized spacial score (nSPS) is 14.0. The molecular weight excluding hydrogens is 375 g/mol. The number of benzene rings is 1. The van der Waals surface area contributed by atoms with Crippen LogP contribution in [0.15, 0.2) is 35.1 Å². The Hall–Kier alpha value is -2.28. The van der Waals surface area contributed by atoms with E-state index in [0.717, 1.165) is 10.9 Å². The fourth-order valence-corrected chi connectivity index (χ4v) is 3.42. The second kappa shape index (κ2) is 5.66. The van der Waals surface area contributed by atoms with E-state index >= 15 is 0 Å². The van der Waals surface area contributed by atoms with Gasteiger partial charge in [0.2, 0.25) is 0 Å². The van der Waals surface area contributed by atoms with Crippen LogP contribution >= 0.6 is 15.9 Å². The number of anilines is 1. The van der Waals surface area contributed by atoms with Gasteiger partial charge in [-0.15, -0.1) is 0 Å². The zero-order chi connectivity index (χ0) is 16.8. The number of aromatic nitrogens is 3. The third-order valence-corrected chi connectivity index (χ3v) is 4.86. The summed E-state index contributed by atoms with van der Waals surface area (Å²) >= 11 is 3.37. The lowest BCUT2D eigenvalue weighted by molar-refractivity contribution is 0.0980. The van der Waals surface area contributed by atoms with Gasteiger partial charge >= 0.3 is 0 Å². The highest BCUT2D eigenvalue weighted by Gasteiger charge is 2.27. The van der Waals surface area contributed by atoms with Gasteiger partial charge in [-0.1, -0.05) is 6.07 Å². The molecule has 0 unspecified atom stereocenters. The monoisotopic (exact) mass is 388 g/mol. The number of hydrogen-bond acceptors (Lipinski definition) is 3. The van der Waals surface area contributed by atoms with Gasteiger partial charge in [-0.25, -0.2) is 13.9 Å². The standard InChI is InChI=1S/C17H14BrFN4O/c1-10-4-5-14-11(15(10)19)3-2-7-22(14)17(24)13-6-8-23-16(21-13)12(18)9-20-23/h4-6,8-9H,2-3,7H2,1H3. The molecule has 7 heteroatoms. The summed E-state index contributed by atoms with van der Waals surface area (Å²) < 4.78 is 16.7. The Morgan fingerprint density at radius 1 is 1.33 bits per heavy atom. The van der Waals surface area contributed by atoms with E-state index in [1.54, 1.807) is 40.9 Å². The zero-order valence-electron chi connectivity index (χ0n) is 13.0. The Morgan fingerprint density at radius 3 is 3.00 bits per heavy atom. The van der Waals surface area contributed by atoms with Gasteiger partial charge in [-0.05, 0) is 53.4 Å². The Morgan fingerprint density at radius 2 is 2.17 bits per heavy atom. The van der Waals surface area contributed by atoms with Gasteiger partial charge in [0.1, 0.15) is 11.5 Å². The van der Waals surface area contributed by atoms with Crippen LogP contribution in [0.1, 0.15) is 28.0 Å². The van der Waals surface area contributed by atoms with Crippen molar-refractivity contribution in [1.29, 1.82) is 0 Å². The van der Waals surface area contributed by atoms with Crippen LogP contribution in [0.4, 0.5) is 10.1 Å². The number of carbonyl (C=O) groups excluding carboxylic acids is 1. The van der Waals surface area contributed by atoms with E-state index < -0.39 is 0 Å². The molecule has 5 nitrogen and oxygen atoms in total. The second-order valence-electron chi connectivity index (χ2n) is 5.83. The van der Waals surface area contributed by atoms with Gasteiger partial charge in [0.25, 0.3) is 5.91 Å². The number of nitrogens with zero attached hydrogens (tertiary/aromatic N) is 4. The molecule has 0 saturated carbocycles. The first-order valence-corrected chi connectivity index (χ1v) is 8.45. The van der Waals surface area contributed by atoms with Crippen molar-refractivity contribution in [2.75, 3.05) is 11.4 Å². The van der Waals surface area contributed by atoms with Crippen molar-refractivity contribution >= 4 is 33.2 Å². The number of rotatable bonds is 1. The molecule has 24 heavy (non-hydrogen) atoms. The summed E-state index contributed by atoms with van der Waals surface area (Å²) in [5.41, 5.74) is 2.75. The fourth-order valence-electron chi connectivity index (χ4n) is 3.06. The van der Waals surface area contributed by atoms with Crippen LogP contribution < -0.4 is 4.90 Å². The molecule has 0 bridgehead atoms. The molecule has 0 radical (unpaired) electrons. The van der Waals surface area contributed by atoms with Crippen LogP contribution in [0.25, 0.3) is 5.65 Å². The van der Waals surface area contributed by atoms with Crippen LogP contribution in [-0.4, -0.2) is 27.0 Å². The summed E-state index contributed by atoms with van der Waals surface area (Å²) in [5, 5.41) is 4.12. The molecule has 1 aromatic carbocycles. The molecule has 0 N–H and O–H groups in total. The molecule has 0 aliphatic carbocycles. The van der Waals surface area contributed by atoms with E-state index in [1.165, 1.54) is 0 Å². The highest BCUT2D eigenvalue weighted by molar-refractivity contribution is 9.10. The van der Waals surface area contributed by atoms with Crippen molar-refractivity contribution < 1.29 is 9.18 Å². The molecular formula is C17H14BrFN4O. The Bertz CT molecular complexity index is 969. The average molecular weight is 389 g/mol. The first-order chi connectivity index (χ1) is 11.6. The van der Waals surface area contributed by atoms with Crippen molar-refractivity contribution in [2.45, 2.75) is 19.8 Å². The van der Waals surface area contributed by atoms with Gasteiger partial charge in [0, 0.05) is 18.3 Å². The molecule has 1 amide bonds. The highest BCUT2D eigenvalue weighted by atomic mass is 79.9. The Kier molecular flexibility index (Phi) is 3.60. The molecule has 1 aliphatic rings. The first kappa shape index (κ1) is 15.3. The number of amides is 1. The van der Waals surface area contributed by atoms with Gasteiger partial charge < -0.3 is 4.90 Å². The summed E-state index contributed by atoms with van der Waals surface area (Å²) in [5.74, 6) is -0.443. The molecule has 0 saturated heterocycles. The topological polar surface area (TPSA) is 50.5 Å². The highest BCUT2D eigenvalue weighted by Crippen LogP contribution is 2.31. The van der Waals surface area contributed by atoms with Crippen LogP contribution in [0, 0.1) is 12.7 Å². The molecule has 2 aromatic heterocycles. The van der Waals surface area contributed by atoms with Gasteiger partial charge in [-0.3, -0.25) is 4.79 Å². The molecule has 0 spiro atoms. The van der Waals surface area contributed by atoms with Crippen molar-refractivity contribution in [1.82, 2.24) is 14.6 Å². The lowest BCUT2D eigenvalue weighted by atomic mass is 9.98. The summed E-state index contributed by atoms with van der Waals surface area (Å²) in [4.78, 5) is 18.9. The fraction of sp³-hybridized carbons (Fsp3) is 0.235. The first-order valence-electron chi connectivity index (χ1n) is 7.66. The molecule has 3 aromatic rings. The number of hydrogen-bond donors (Lipinski definition) is 0. The minimum absolute atomic E-state index is 0.216. The van der Waals surface area contributed by atoms with Crippen molar-refractivity contribution in [3.63, 3.8) is 0 Å². The van der Waals surface area contributed by atoms with E-state index in [9.17, 15) is 9.18 Å². The maximum atomic E-state index is 14.4. The zero-order valence-corrected chi connectivity index (χ0v) is 14.5. The number of carbonyl (C=O) groups is 1. The third-order valence-electron chi connectivity index (χ3n) is 4.30. The van der Waals surface area contributed by atoms with E-state index in [4.69, 9.17) is 0 Å². The summed E-state index contributed by atoms with van der Waals surface area (Å²) in [7, 11) is 0. The van der Waals surface area contributed by atoms with Gasteiger partial charge in [0.05, 0.1) is 16.4 Å². The van der Waals surface area contributed by atoms with E-state index in [0.29, 0.717) is 41.1 Å². The molecule has 3 heterocycles. The Balaban J connectivity index is 1.77. The predicted octanol–water partition coefficient (Wildman–Crippen LogP) is 3.53. The van der Waals surface area contributed by atoms with Crippen molar-refractivity contribution in [3.8, 4) is 0 Å². The van der Waals surface area contributed by atoms with Crippen molar-refractivity contribution in [3.05, 3.63) is 57.7 Å². The molecule has 0 atom stereocenters. The maximum Gasteiger partial charge on any atom is 0.277 e. The smallest absolute Gasteiger partial charge is 0.277 e. The number of fused-ring (bicyclic) bond motifs is 2.